The van der Waals surface area contributed by atoms with Crippen LogP contribution in [-0.4, -0.2) is 25.2 Å². The van der Waals surface area contributed by atoms with Crippen molar-refractivity contribution in [2.24, 2.45) is 5.10 Å². The Labute approximate surface area is 227 Å². The van der Waals surface area contributed by atoms with Gasteiger partial charge in [-0.2, -0.15) is 5.10 Å². The number of ether oxygens (including phenoxy) is 1. The molecule has 0 bridgehead atoms. The van der Waals surface area contributed by atoms with Crippen molar-refractivity contribution in [2.45, 2.75) is 19.4 Å². The van der Waals surface area contributed by atoms with Crippen molar-refractivity contribution in [2.75, 3.05) is 18.0 Å². The molecule has 7 heteroatoms. The van der Waals surface area contributed by atoms with Crippen LogP contribution in [0.25, 0.3) is 10.8 Å². The molecule has 0 saturated carbocycles. The van der Waals surface area contributed by atoms with Crippen molar-refractivity contribution < 1.29 is 9.53 Å². The molecular weight excluding hydrogens is 582 g/mol. The summed E-state index contributed by atoms with van der Waals surface area (Å²) in [5, 5.41) is 6.53. The first-order valence-corrected chi connectivity index (χ1v) is 13.4. The number of benzene rings is 4. The average molecular weight is 607 g/mol. The van der Waals surface area contributed by atoms with E-state index in [4.69, 9.17) is 4.74 Å². The van der Waals surface area contributed by atoms with Crippen molar-refractivity contribution in [3.05, 3.63) is 104 Å². The number of carbonyl (C=O) groups is 1. The van der Waals surface area contributed by atoms with Gasteiger partial charge in [0.05, 0.1) is 15.2 Å². The Hall–Kier alpha value is -3.16. The van der Waals surface area contributed by atoms with E-state index >= 15 is 0 Å². The third-order valence-corrected chi connectivity index (χ3v) is 7.38. The molecule has 5 rings (SSSR count). The second kappa shape index (κ2) is 11.3. The summed E-state index contributed by atoms with van der Waals surface area (Å²) in [5.74, 6) is 0.468. The summed E-state index contributed by atoms with van der Waals surface area (Å²) >= 11 is 7.19. The van der Waals surface area contributed by atoms with E-state index in [1.807, 2.05) is 48.5 Å². The smallest absolute Gasteiger partial charge is 0.271 e. The molecule has 1 saturated heterocycles. The van der Waals surface area contributed by atoms with Gasteiger partial charge in [-0.25, -0.2) is 5.43 Å². The molecule has 1 amide bonds. The standard InChI is InChI=1S/C29H25Br2N3O2/c30-26-16-21(18-32-33-29(35)23-9-11-25(12-10-23)34-13-3-4-14-34)17-27(31)28(26)36-19-20-7-8-22-5-1-2-6-24(22)15-20/h1-2,5-12,15-18H,3-4,13-14,19H2,(H,33,35)/b32-18-. The molecule has 0 radical (unpaired) electrons. The molecule has 1 heterocycles. The predicted molar refractivity (Wildman–Crippen MR) is 153 cm³/mol. The Morgan fingerprint density at radius 1 is 0.917 bits per heavy atom. The van der Waals surface area contributed by atoms with Gasteiger partial charge in [0, 0.05) is 24.3 Å². The molecule has 1 fully saturated rings. The molecule has 4 aromatic carbocycles. The van der Waals surface area contributed by atoms with Crippen LogP contribution in [0, 0.1) is 0 Å². The molecule has 1 N–H and O–H groups in total. The lowest BCUT2D eigenvalue weighted by molar-refractivity contribution is 0.0955. The summed E-state index contributed by atoms with van der Waals surface area (Å²) in [6, 6.07) is 26.1. The van der Waals surface area contributed by atoms with E-state index in [-0.39, 0.29) is 5.91 Å². The Kier molecular flexibility index (Phi) is 7.68. The van der Waals surface area contributed by atoms with E-state index in [0.717, 1.165) is 38.8 Å². The summed E-state index contributed by atoms with van der Waals surface area (Å²) in [7, 11) is 0. The summed E-state index contributed by atoms with van der Waals surface area (Å²) < 4.78 is 7.68. The fourth-order valence-electron chi connectivity index (χ4n) is 4.30. The molecular formula is C29H25Br2N3O2. The van der Waals surface area contributed by atoms with Gasteiger partial charge >= 0.3 is 0 Å². The minimum atomic E-state index is -0.243. The maximum atomic E-state index is 12.5. The van der Waals surface area contributed by atoms with Gasteiger partial charge in [0.25, 0.3) is 5.91 Å². The number of anilines is 1. The first kappa shape index (κ1) is 24.5. The highest BCUT2D eigenvalue weighted by molar-refractivity contribution is 9.11. The summed E-state index contributed by atoms with van der Waals surface area (Å²) in [4.78, 5) is 14.8. The Morgan fingerprint density at radius 2 is 1.61 bits per heavy atom. The summed E-state index contributed by atoms with van der Waals surface area (Å²) in [6.07, 6.45) is 4.06. The van der Waals surface area contributed by atoms with Gasteiger partial charge in [0.1, 0.15) is 12.4 Å². The molecule has 5 nitrogen and oxygen atoms in total. The van der Waals surface area contributed by atoms with E-state index in [9.17, 15) is 4.79 Å². The number of carbonyl (C=O) groups excluding carboxylic acids is 1. The molecule has 0 atom stereocenters. The minimum absolute atomic E-state index is 0.243. The highest BCUT2D eigenvalue weighted by atomic mass is 79.9. The monoisotopic (exact) mass is 605 g/mol. The summed E-state index contributed by atoms with van der Waals surface area (Å²) in [5.41, 5.74) is 6.25. The van der Waals surface area contributed by atoms with Crippen LogP contribution in [0.4, 0.5) is 5.69 Å². The lowest BCUT2D eigenvalue weighted by atomic mass is 10.1. The van der Waals surface area contributed by atoms with E-state index in [2.05, 4.69) is 77.6 Å². The zero-order valence-corrected chi connectivity index (χ0v) is 22.8. The van der Waals surface area contributed by atoms with Crippen molar-refractivity contribution in [3.8, 4) is 5.75 Å². The zero-order chi connectivity index (χ0) is 24.9. The zero-order valence-electron chi connectivity index (χ0n) is 19.6. The van der Waals surface area contributed by atoms with Crippen molar-refractivity contribution in [1.29, 1.82) is 0 Å². The molecule has 0 aromatic heterocycles. The number of hydrogen-bond donors (Lipinski definition) is 1. The van der Waals surface area contributed by atoms with Crippen LogP contribution in [0.5, 0.6) is 5.75 Å². The maximum absolute atomic E-state index is 12.5. The topological polar surface area (TPSA) is 53.9 Å². The highest BCUT2D eigenvalue weighted by Gasteiger charge is 2.13. The van der Waals surface area contributed by atoms with Crippen LogP contribution in [0.3, 0.4) is 0 Å². The number of hydrogen-bond acceptors (Lipinski definition) is 4. The average Bonchev–Trinajstić information content (AvgIpc) is 3.43. The Balaban J connectivity index is 1.19. The number of nitrogens with one attached hydrogen (secondary N) is 1. The van der Waals surface area contributed by atoms with Crippen molar-refractivity contribution in [1.82, 2.24) is 5.43 Å². The van der Waals surface area contributed by atoms with E-state index < -0.39 is 0 Å². The Bertz CT molecular complexity index is 1390. The van der Waals surface area contributed by atoms with Crippen LogP contribution in [0.1, 0.15) is 34.3 Å². The molecule has 0 aliphatic carbocycles. The van der Waals surface area contributed by atoms with Gasteiger partial charge in [0.15, 0.2) is 0 Å². The van der Waals surface area contributed by atoms with E-state index in [1.165, 1.54) is 23.6 Å². The largest absolute Gasteiger partial charge is 0.487 e. The first-order chi connectivity index (χ1) is 17.6. The summed E-state index contributed by atoms with van der Waals surface area (Å²) in [6.45, 7) is 2.60. The maximum Gasteiger partial charge on any atom is 0.271 e. The van der Waals surface area contributed by atoms with Gasteiger partial charge in [-0.3, -0.25) is 4.79 Å². The molecule has 1 aliphatic heterocycles. The fraction of sp³-hybridized carbons (Fsp3) is 0.172. The lowest BCUT2D eigenvalue weighted by Gasteiger charge is -2.17. The third-order valence-electron chi connectivity index (χ3n) is 6.20. The molecule has 36 heavy (non-hydrogen) atoms. The number of halogens is 2. The van der Waals surface area contributed by atoms with Crippen LogP contribution >= 0.6 is 31.9 Å². The second-order valence-electron chi connectivity index (χ2n) is 8.72. The fourth-order valence-corrected chi connectivity index (χ4v) is 5.76. The predicted octanol–water partition coefficient (Wildman–Crippen LogP) is 7.31. The van der Waals surface area contributed by atoms with Gasteiger partial charge in [-0.05, 0) is 109 Å². The molecule has 4 aromatic rings. The molecule has 0 unspecified atom stereocenters. The number of rotatable bonds is 7. The van der Waals surface area contributed by atoms with Crippen molar-refractivity contribution >= 4 is 60.4 Å². The first-order valence-electron chi connectivity index (χ1n) is 11.8. The minimum Gasteiger partial charge on any atom is -0.487 e. The number of fused-ring (bicyclic) bond motifs is 1. The normalized spacial score (nSPS) is 13.4. The van der Waals surface area contributed by atoms with E-state index in [1.54, 1.807) is 6.21 Å². The van der Waals surface area contributed by atoms with Gasteiger partial charge in [-0.1, -0.05) is 36.4 Å². The number of nitrogens with zero attached hydrogens (tertiary/aromatic N) is 2. The van der Waals surface area contributed by atoms with Crippen LogP contribution in [0.2, 0.25) is 0 Å². The molecule has 0 spiro atoms. The van der Waals surface area contributed by atoms with Crippen molar-refractivity contribution in [3.63, 3.8) is 0 Å². The number of hydrazone groups is 1. The van der Waals surface area contributed by atoms with Crippen LogP contribution in [-0.2, 0) is 6.61 Å². The highest BCUT2D eigenvalue weighted by Crippen LogP contribution is 2.35. The number of amides is 1. The van der Waals surface area contributed by atoms with Crippen LogP contribution < -0.4 is 15.1 Å². The van der Waals surface area contributed by atoms with E-state index in [0.29, 0.717) is 17.9 Å². The second-order valence-corrected chi connectivity index (χ2v) is 10.4. The van der Waals surface area contributed by atoms with Gasteiger partial charge in [-0.15, -0.1) is 0 Å². The third kappa shape index (κ3) is 5.79. The SMILES string of the molecule is O=C(N/N=C\c1cc(Br)c(OCc2ccc3ccccc3c2)c(Br)c1)c1ccc(N2CCCC2)cc1. The lowest BCUT2D eigenvalue weighted by Crippen LogP contribution is -2.19. The molecule has 1 aliphatic rings. The van der Waals surface area contributed by atoms with Crippen LogP contribution in [0.15, 0.2) is 92.9 Å². The molecule has 182 valence electrons. The Morgan fingerprint density at radius 3 is 2.33 bits per heavy atom. The quantitative estimate of drug-likeness (QED) is 0.177. The van der Waals surface area contributed by atoms with Gasteiger partial charge < -0.3 is 9.64 Å². The van der Waals surface area contributed by atoms with Gasteiger partial charge in [0.2, 0.25) is 0 Å².